The lowest BCUT2D eigenvalue weighted by molar-refractivity contribution is 0.304. The van der Waals surface area contributed by atoms with Gasteiger partial charge in [-0.3, -0.25) is 0 Å². The molecule has 3 aromatic carbocycles. The molecule has 7 heteroatoms. The average Bonchev–Trinajstić information content (AvgIpc) is 2.94. The minimum absolute atomic E-state index is 0.178. The summed E-state index contributed by atoms with van der Waals surface area (Å²) in [6.07, 6.45) is 5.46. The van der Waals surface area contributed by atoms with Crippen LogP contribution in [-0.4, -0.2) is 16.8 Å². The van der Waals surface area contributed by atoms with E-state index in [-0.39, 0.29) is 33.8 Å². The molecule has 0 spiro atoms. The molecule has 0 amide bonds. The fourth-order valence-electron chi connectivity index (χ4n) is 4.96. The first-order chi connectivity index (χ1) is 19.0. The zero-order chi connectivity index (χ0) is 27.4. The maximum absolute atomic E-state index is 13.3. The highest BCUT2D eigenvalue weighted by Crippen LogP contribution is 2.42. The molecular weight excluding hydrogens is 496 g/mol. The highest BCUT2D eigenvalue weighted by Gasteiger charge is 2.32. The number of fused-ring (bicyclic) bond motifs is 2. The monoisotopic (exact) mass is 526 g/mol. The molecule has 0 saturated carbocycles. The van der Waals surface area contributed by atoms with Crippen LogP contribution in [0.4, 0.5) is 0 Å². The van der Waals surface area contributed by atoms with Crippen molar-refractivity contribution < 1.29 is 23.8 Å². The van der Waals surface area contributed by atoms with E-state index in [9.17, 15) is 19.8 Å². The molecule has 7 nitrogen and oxygen atoms in total. The molecule has 2 N–H and O–H groups in total. The highest BCUT2D eigenvalue weighted by molar-refractivity contribution is 5.87. The van der Waals surface area contributed by atoms with Crippen molar-refractivity contribution in [3.63, 3.8) is 0 Å². The molecular formula is C32H30O7. The number of hydrogen-bond acceptors (Lipinski definition) is 7. The van der Waals surface area contributed by atoms with Gasteiger partial charge >= 0.3 is 11.3 Å². The third-order valence-corrected chi connectivity index (χ3v) is 6.93. The summed E-state index contributed by atoms with van der Waals surface area (Å²) in [5.74, 6) is -1.32. The summed E-state index contributed by atoms with van der Waals surface area (Å²) in [7, 11) is 0. The average molecular weight is 527 g/mol. The van der Waals surface area contributed by atoms with Crippen molar-refractivity contribution in [1.29, 1.82) is 0 Å². The van der Waals surface area contributed by atoms with E-state index < -0.39 is 17.2 Å². The fraction of sp³-hybridized carbons (Fsp3) is 0.250. The minimum Gasteiger partial charge on any atom is -0.507 e. The molecule has 2 aromatic heterocycles. The third kappa shape index (κ3) is 5.25. The minimum atomic E-state index is -1.19. The Kier molecular flexibility index (Phi) is 7.68. The van der Waals surface area contributed by atoms with Crippen LogP contribution in [-0.2, 0) is 0 Å². The molecule has 5 aromatic rings. The maximum atomic E-state index is 13.3. The standard InChI is InChI=1S/C32H30O7/c1-2-3-4-5-10-18-37-21-13-11-12-20(19-21)26(27-29(33)22-14-6-8-16-24(22)38-31(27)35)28-30(34)23-15-7-9-17-25(23)39-32(28)36/h6-9,11-17,19,26,33-34H,2-5,10,18H2,1H3. The maximum Gasteiger partial charge on any atom is 0.344 e. The van der Waals surface area contributed by atoms with E-state index in [4.69, 9.17) is 13.6 Å². The van der Waals surface area contributed by atoms with E-state index in [1.54, 1.807) is 72.8 Å². The number of hydrogen-bond donors (Lipinski definition) is 2. The summed E-state index contributed by atoms with van der Waals surface area (Å²) in [4.78, 5) is 26.7. The molecule has 2 heterocycles. The molecule has 5 rings (SSSR count). The number of unbranched alkanes of at least 4 members (excludes halogenated alkanes) is 4. The van der Waals surface area contributed by atoms with Crippen LogP contribution in [0.5, 0.6) is 17.2 Å². The van der Waals surface area contributed by atoms with Gasteiger partial charge in [0.15, 0.2) is 0 Å². The Hall–Kier alpha value is -4.52. The van der Waals surface area contributed by atoms with Crippen LogP contribution < -0.4 is 16.0 Å². The normalized spacial score (nSPS) is 11.4. The van der Waals surface area contributed by atoms with Gasteiger partial charge in [0, 0.05) is 0 Å². The Morgan fingerprint density at radius 2 is 1.28 bits per heavy atom. The van der Waals surface area contributed by atoms with Crippen molar-refractivity contribution in [3.05, 3.63) is 110 Å². The zero-order valence-corrected chi connectivity index (χ0v) is 21.7. The van der Waals surface area contributed by atoms with Crippen molar-refractivity contribution >= 4 is 21.9 Å². The van der Waals surface area contributed by atoms with Gasteiger partial charge in [0.25, 0.3) is 0 Å². The summed E-state index contributed by atoms with van der Waals surface area (Å²) in [6.45, 7) is 2.69. The summed E-state index contributed by atoms with van der Waals surface area (Å²) >= 11 is 0. The van der Waals surface area contributed by atoms with Crippen molar-refractivity contribution in [1.82, 2.24) is 0 Å². The van der Waals surface area contributed by atoms with E-state index >= 15 is 0 Å². The van der Waals surface area contributed by atoms with Crippen molar-refractivity contribution in [2.45, 2.75) is 44.9 Å². The summed E-state index contributed by atoms with van der Waals surface area (Å²) < 4.78 is 17.1. The molecule has 0 fully saturated rings. The number of ether oxygens (including phenoxy) is 1. The first kappa shape index (κ1) is 26.1. The largest absolute Gasteiger partial charge is 0.507 e. The van der Waals surface area contributed by atoms with Gasteiger partial charge in [0.05, 0.1) is 34.4 Å². The lowest BCUT2D eigenvalue weighted by Crippen LogP contribution is -2.21. The van der Waals surface area contributed by atoms with Gasteiger partial charge in [-0.1, -0.05) is 69.0 Å². The molecule has 200 valence electrons. The van der Waals surface area contributed by atoms with Crippen LogP contribution in [0.3, 0.4) is 0 Å². The topological polar surface area (TPSA) is 110 Å². The molecule has 0 saturated heterocycles. The van der Waals surface area contributed by atoms with Crippen LogP contribution in [0.1, 0.15) is 61.6 Å². The quantitative estimate of drug-likeness (QED) is 0.151. The van der Waals surface area contributed by atoms with E-state index in [0.717, 1.165) is 25.7 Å². The van der Waals surface area contributed by atoms with Gasteiger partial charge in [-0.15, -0.1) is 0 Å². The summed E-state index contributed by atoms with van der Waals surface area (Å²) in [5.41, 5.74) is -1.15. The molecule has 0 unspecified atom stereocenters. The lowest BCUT2D eigenvalue weighted by Gasteiger charge is -2.20. The zero-order valence-electron chi connectivity index (χ0n) is 21.7. The first-order valence-corrected chi connectivity index (χ1v) is 13.2. The SMILES string of the molecule is CCCCCCCOc1cccc(C(c2c(O)c3ccccc3oc2=O)c2c(O)c3ccccc3oc2=O)c1. The number of aromatic hydroxyl groups is 2. The molecule has 0 bridgehead atoms. The van der Waals surface area contributed by atoms with Crippen LogP contribution in [0.25, 0.3) is 21.9 Å². The van der Waals surface area contributed by atoms with E-state index in [2.05, 4.69) is 6.92 Å². The Balaban J connectivity index is 1.66. The Morgan fingerprint density at radius 3 is 1.87 bits per heavy atom. The Morgan fingerprint density at radius 1 is 0.718 bits per heavy atom. The van der Waals surface area contributed by atoms with Crippen LogP contribution in [0, 0.1) is 0 Å². The number of para-hydroxylation sites is 2. The van der Waals surface area contributed by atoms with Gasteiger partial charge in [-0.2, -0.15) is 0 Å². The Bertz CT molecular complexity index is 1630. The number of rotatable bonds is 10. The van der Waals surface area contributed by atoms with Crippen molar-refractivity contribution in [3.8, 4) is 17.2 Å². The second-order valence-electron chi connectivity index (χ2n) is 9.56. The van der Waals surface area contributed by atoms with Crippen molar-refractivity contribution in [2.24, 2.45) is 0 Å². The van der Waals surface area contributed by atoms with Crippen LogP contribution in [0.2, 0.25) is 0 Å². The highest BCUT2D eigenvalue weighted by atomic mass is 16.5. The predicted octanol–water partition coefficient (Wildman–Crippen LogP) is 6.84. The lowest BCUT2D eigenvalue weighted by atomic mass is 9.84. The van der Waals surface area contributed by atoms with Crippen LogP contribution >= 0.6 is 0 Å². The van der Waals surface area contributed by atoms with Gasteiger partial charge in [0.1, 0.15) is 28.4 Å². The molecule has 0 aliphatic carbocycles. The van der Waals surface area contributed by atoms with E-state index in [1.807, 2.05) is 0 Å². The molecule has 0 radical (unpaired) electrons. The van der Waals surface area contributed by atoms with Gasteiger partial charge < -0.3 is 23.8 Å². The number of benzene rings is 3. The molecule has 39 heavy (non-hydrogen) atoms. The smallest absolute Gasteiger partial charge is 0.344 e. The Labute approximate surface area is 224 Å². The summed E-state index contributed by atoms with van der Waals surface area (Å²) in [5, 5.41) is 23.3. The van der Waals surface area contributed by atoms with E-state index in [1.165, 1.54) is 6.42 Å². The predicted molar refractivity (Wildman–Crippen MR) is 150 cm³/mol. The van der Waals surface area contributed by atoms with Crippen LogP contribution in [0.15, 0.2) is 91.2 Å². The van der Waals surface area contributed by atoms with Crippen molar-refractivity contribution in [2.75, 3.05) is 6.61 Å². The summed E-state index contributed by atoms with van der Waals surface area (Å²) in [6, 6.07) is 20.1. The molecule has 0 atom stereocenters. The third-order valence-electron chi connectivity index (χ3n) is 6.93. The first-order valence-electron chi connectivity index (χ1n) is 13.2. The fourth-order valence-corrected chi connectivity index (χ4v) is 4.96. The molecule has 0 aliphatic heterocycles. The second kappa shape index (κ2) is 11.5. The molecule has 0 aliphatic rings. The second-order valence-corrected chi connectivity index (χ2v) is 9.56. The van der Waals surface area contributed by atoms with Gasteiger partial charge in [0.2, 0.25) is 0 Å². The van der Waals surface area contributed by atoms with E-state index in [0.29, 0.717) is 28.7 Å². The van der Waals surface area contributed by atoms with Gasteiger partial charge in [-0.25, -0.2) is 9.59 Å². The van der Waals surface area contributed by atoms with Gasteiger partial charge in [-0.05, 0) is 48.4 Å².